The molecule has 0 radical (unpaired) electrons. The summed E-state index contributed by atoms with van der Waals surface area (Å²) < 4.78 is 7.82. The molecule has 4 rings (SSSR count). The van der Waals surface area contributed by atoms with Gasteiger partial charge in [-0.25, -0.2) is 4.79 Å². The van der Waals surface area contributed by atoms with E-state index in [4.69, 9.17) is 4.52 Å². The van der Waals surface area contributed by atoms with Crippen LogP contribution in [-0.4, -0.2) is 24.9 Å². The van der Waals surface area contributed by atoms with Gasteiger partial charge in [-0.2, -0.15) is 9.36 Å². The molecule has 0 N–H and O–H groups in total. The molecule has 4 aromatic rings. The van der Waals surface area contributed by atoms with Crippen molar-refractivity contribution >= 4 is 22.7 Å². The minimum atomic E-state index is -0.303. The number of hydrogen-bond donors (Lipinski definition) is 0. The molecule has 22 heavy (non-hydrogen) atoms. The second kappa shape index (κ2) is 5.35. The number of rotatable bonds is 4. The van der Waals surface area contributed by atoms with Gasteiger partial charge in [0.05, 0.1) is 11.4 Å². The van der Waals surface area contributed by atoms with Gasteiger partial charge < -0.3 is 4.52 Å². The molecule has 7 nitrogen and oxygen atoms in total. The van der Waals surface area contributed by atoms with Crippen LogP contribution in [0.25, 0.3) is 15.6 Å². The van der Waals surface area contributed by atoms with Gasteiger partial charge in [-0.3, -0.25) is 0 Å². The summed E-state index contributed by atoms with van der Waals surface area (Å²) in [4.78, 5) is 13.3. The third-order valence-corrected chi connectivity index (χ3v) is 4.72. The molecule has 0 aliphatic carbocycles. The Morgan fingerprint density at radius 2 is 2.00 bits per heavy atom. The van der Waals surface area contributed by atoms with Crippen LogP contribution >= 0.6 is 22.7 Å². The lowest BCUT2D eigenvalue weighted by Gasteiger charge is -1.92. The number of hydrogen-bond acceptors (Lipinski definition) is 7. The highest BCUT2D eigenvalue weighted by atomic mass is 32.1. The molecule has 0 unspecified atom stereocenters. The molecule has 0 saturated carbocycles. The van der Waals surface area contributed by atoms with Crippen LogP contribution in [0, 0.1) is 0 Å². The van der Waals surface area contributed by atoms with Gasteiger partial charge in [0.2, 0.25) is 0 Å². The first-order chi connectivity index (χ1) is 10.8. The molecule has 0 aliphatic heterocycles. The first kappa shape index (κ1) is 13.2. The van der Waals surface area contributed by atoms with Crippen molar-refractivity contribution in [3.05, 3.63) is 57.3 Å². The molecular formula is C13H9N5O2S2. The Balaban J connectivity index is 1.61. The Bertz CT molecular complexity index is 934. The van der Waals surface area contributed by atoms with Crippen molar-refractivity contribution in [1.82, 2.24) is 24.9 Å². The van der Waals surface area contributed by atoms with E-state index in [1.807, 2.05) is 41.1 Å². The molecular weight excluding hydrogens is 322 g/mol. The minimum Gasteiger partial charge on any atom is -0.355 e. The van der Waals surface area contributed by atoms with Gasteiger partial charge >= 0.3 is 5.69 Å². The van der Waals surface area contributed by atoms with Crippen molar-refractivity contribution in [2.45, 2.75) is 6.54 Å². The summed E-state index contributed by atoms with van der Waals surface area (Å²) in [6, 6.07) is 9.38. The lowest BCUT2D eigenvalue weighted by Crippen LogP contribution is -2.24. The molecule has 9 heteroatoms. The molecule has 0 atom stereocenters. The fourth-order valence-corrected chi connectivity index (χ4v) is 3.32. The summed E-state index contributed by atoms with van der Waals surface area (Å²) >= 11 is 2.99. The van der Waals surface area contributed by atoms with Crippen LogP contribution in [0.4, 0.5) is 0 Å². The van der Waals surface area contributed by atoms with E-state index in [-0.39, 0.29) is 12.2 Å². The quantitative estimate of drug-likeness (QED) is 0.573. The maximum atomic E-state index is 12.3. The third kappa shape index (κ3) is 2.30. The first-order valence-corrected chi connectivity index (χ1v) is 8.13. The maximum Gasteiger partial charge on any atom is 0.369 e. The van der Waals surface area contributed by atoms with Gasteiger partial charge in [0.1, 0.15) is 10.7 Å². The zero-order valence-electron chi connectivity index (χ0n) is 11.1. The summed E-state index contributed by atoms with van der Waals surface area (Å²) in [5, 5.41) is 16.3. The number of tetrazole rings is 1. The van der Waals surface area contributed by atoms with E-state index in [0.29, 0.717) is 11.5 Å². The van der Waals surface area contributed by atoms with Crippen molar-refractivity contribution in [3.8, 4) is 15.6 Å². The summed E-state index contributed by atoms with van der Waals surface area (Å²) in [5.74, 6) is 0.684. The van der Waals surface area contributed by atoms with Gasteiger partial charge in [0.25, 0.3) is 0 Å². The van der Waals surface area contributed by atoms with Crippen molar-refractivity contribution in [1.29, 1.82) is 0 Å². The Labute approximate surface area is 132 Å². The van der Waals surface area contributed by atoms with Crippen LogP contribution in [0.5, 0.6) is 0 Å². The molecule has 4 heterocycles. The van der Waals surface area contributed by atoms with Gasteiger partial charge in [0.15, 0.2) is 5.76 Å². The Morgan fingerprint density at radius 3 is 2.77 bits per heavy atom. The molecule has 0 aromatic carbocycles. The van der Waals surface area contributed by atoms with E-state index in [2.05, 4.69) is 15.6 Å². The lowest BCUT2D eigenvalue weighted by atomic mass is 10.3. The molecule has 0 bridgehead atoms. The topological polar surface area (TPSA) is 78.7 Å². The average Bonchev–Trinajstić information content (AvgIpc) is 3.27. The van der Waals surface area contributed by atoms with E-state index in [0.717, 1.165) is 9.88 Å². The van der Waals surface area contributed by atoms with Gasteiger partial charge in [-0.15, -0.1) is 22.7 Å². The van der Waals surface area contributed by atoms with E-state index in [1.54, 1.807) is 11.3 Å². The Morgan fingerprint density at radius 1 is 1.14 bits per heavy atom. The highest BCUT2D eigenvalue weighted by molar-refractivity contribution is 7.13. The van der Waals surface area contributed by atoms with Crippen LogP contribution in [0.2, 0.25) is 0 Å². The molecule has 4 aromatic heterocycles. The lowest BCUT2D eigenvalue weighted by molar-refractivity contribution is 0.419. The highest BCUT2D eigenvalue weighted by Crippen LogP contribution is 2.25. The fourth-order valence-electron chi connectivity index (χ4n) is 1.98. The molecule has 0 amide bonds. The molecule has 0 fully saturated rings. The standard InChI is InChI=1S/C13H9N5O2S2/c19-13-17(15-16-18(13)12-4-2-6-22-12)8-9-7-10(20-14-9)11-3-1-5-21-11/h1-7H,8H2. The second-order valence-electron chi connectivity index (χ2n) is 4.44. The van der Waals surface area contributed by atoms with Gasteiger partial charge in [-0.05, 0) is 39.4 Å². The normalized spacial score (nSPS) is 11.1. The van der Waals surface area contributed by atoms with Crippen molar-refractivity contribution in [3.63, 3.8) is 0 Å². The zero-order valence-corrected chi connectivity index (χ0v) is 12.8. The van der Waals surface area contributed by atoms with Crippen molar-refractivity contribution in [2.75, 3.05) is 0 Å². The summed E-state index contributed by atoms with van der Waals surface area (Å²) in [6.45, 7) is 0.221. The van der Waals surface area contributed by atoms with Crippen LogP contribution in [0.3, 0.4) is 0 Å². The van der Waals surface area contributed by atoms with Crippen molar-refractivity contribution < 1.29 is 4.52 Å². The van der Waals surface area contributed by atoms with Crippen LogP contribution in [0.15, 0.2) is 50.4 Å². The fraction of sp³-hybridized carbons (Fsp3) is 0.0769. The largest absolute Gasteiger partial charge is 0.369 e. The summed E-state index contributed by atoms with van der Waals surface area (Å²) in [7, 11) is 0. The SMILES string of the molecule is O=c1n(Cc2cc(-c3cccs3)on2)nnn1-c1cccs1. The van der Waals surface area contributed by atoms with Crippen LogP contribution < -0.4 is 5.69 Å². The van der Waals surface area contributed by atoms with E-state index >= 15 is 0 Å². The molecule has 0 saturated heterocycles. The number of thiophene rings is 2. The maximum absolute atomic E-state index is 12.3. The first-order valence-electron chi connectivity index (χ1n) is 6.37. The Hall–Kier alpha value is -2.52. The van der Waals surface area contributed by atoms with E-state index in [9.17, 15) is 4.79 Å². The van der Waals surface area contributed by atoms with Crippen LogP contribution in [-0.2, 0) is 6.54 Å². The van der Waals surface area contributed by atoms with Gasteiger partial charge in [-0.1, -0.05) is 11.2 Å². The minimum absolute atomic E-state index is 0.221. The zero-order chi connectivity index (χ0) is 14.9. The Kier molecular flexibility index (Phi) is 3.20. The van der Waals surface area contributed by atoms with E-state index in [1.165, 1.54) is 20.7 Å². The molecule has 110 valence electrons. The third-order valence-electron chi connectivity index (χ3n) is 2.99. The average molecular weight is 331 g/mol. The summed E-state index contributed by atoms with van der Waals surface area (Å²) in [5.41, 5.74) is 0.326. The predicted molar refractivity (Wildman–Crippen MR) is 82.4 cm³/mol. The monoisotopic (exact) mass is 331 g/mol. The summed E-state index contributed by atoms with van der Waals surface area (Å²) in [6.07, 6.45) is 0. The second-order valence-corrected chi connectivity index (χ2v) is 6.32. The van der Waals surface area contributed by atoms with Crippen LogP contribution in [0.1, 0.15) is 5.69 Å². The molecule has 0 aliphatic rings. The predicted octanol–water partition coefficient (Wildman–Crippen LogP) is 2.26. The number of nitrogens with zero attached hydrogens (tertiary/aromatic N) is 5. The smallest absolute Gasteiger partial charge is 0.355 e. The number of aromatic nitrogens is 5. The van der Waals surface area contributed by atoms with Gasteiger partial charge in [0, 0.05) is 6.07 Å². The molecule has 0 spiro atoms. The van der Waals surface area contributed by atoms with Crippen molar-refractivity contribution in [2.24, 2.45) is 0 Å². The highest BCUT2D eigenvalue weighted by Gasteiger charge is 2.13. The van der Waals surface area contributed by atoms with E-state index < -0.39 is 0 Å².